The van der Waals surface area contributed by atoms with Crippen molar-refractivity contribution in [3.63, 3.8) is 0 Å². The Balaban J connectivity index is 2.44. The maximum Gasteiger partial charge on any atom is 0.159 e. The van der Waals surface area contributed by atoms with Gasteiger partial charge in [-0.2, -0.15) is 0 Å². The summed E-state index contributed by atoms with van der Waals surface area (Å²) in [7, 11) is 0. The van der Waals surface area contributed by atoms with Gasteiger partial charge in [0.25, 0.3) is 0 Å². The lowest BCUT2D eigenvalue weighted by Gasteiger charge is -2.10. The quantitative estimate of drug-likeness (QED) is 0.781. The van der Waals surface area contributed by atoms with Crippen molar-refractivity contribution in [2.75, 3.05) is 0 Å². The van der Waals surface area contributed by atoms with Crippen LogP contribution in [0, 0.1) is 5.82 Å². The van der Waals surface area contributed by atoms with Gasteiger partial charge in [-0.3, -0.25) is 4.98 Å². The molecule has 1 heterocycles. The first-order chi connectivity index (χ1) is 6.61. The zero-order valence-electron chi connectivity index (χ0n) is 8.35. The molecule has 3 heteroatoms. The standard InChI is InChI=1S/C11H13BrFN/c1-6(2)11-10(13)9(12)8(5-14-11)7-3-4-7/h5-7H,3-4H2,1-2H3. The molecule has 2 rings (SSSR count). The van der Waals surface area contributed by atoms with Crippen LogP contribution in [-0.2, 0) is 0 Å². The van der Waals surface area contributed by atoms with E-state index >= 15 is 0 Å². The van der Waals surface area contributed by atoms with Crippen molar-refractivity contribution in [1.82, 2.24) is 4.98 Å². The third-order valence-electron chi connectivity index (χ3n) is 2.58. The lowest BCUT2D eigenvalue weighted by molar-refractivity contribution is 0.575. The van der Waals surface area contributed by atoms with E-state index in [4.69, 9.17) is 0 Å². The first-order valence-electron chi connectivity index (χ1n) is 4.95. The second kappa shape index (κ2) is 3.61. The highest BCUT2D eigenvalue weighted by Gasteiger charge is 2.28. The predicted molar refractivity (Wildman–Crippen MR) is 58.0 cm³/mol. The number of rotatable bonds is 2. The average molecular weight is 258 g/mol. The van der Waals surface area contributed by atoms with Gasteiger partial charge in [0.15, 0.2) is 5.82 Å². The van der Waals surface area contributed by atoms with Crippen molar-refractivity contribution in [3.05, 3.63) is 27.7 Å². The molecule has 0 bridgehead atoms. The topological polar surface area (TPSA) is 12.9 Å². The monoisotopic (exact) mass is 257 g/mol. The van der Waals surface area contributed by atoms with Gasteiger partial charge >= 0.3 is 0 Å². The van der Waals surface area contributed by atoms with E-state index in [1.165, 1.54) is 12.8 Å². The molecule has 1 saturated carbocycles. The van der Waals surface area contributed by atoms with Crippen LogP contribution in [0.4, 0.5) is 4.39 Å². The molecular formula is C11H13BrFN. The van der Waals surface area contributed by atoms with Crippen molar-refractivity contribution in [1.29, 1.82) is 0 Å². The third kappa shape index (κ3) is 1.70. The molecule has 0 radical (unpaired) electrons. The summed E-state index contributed by atoms with van der Waals surface area (Å²) in [6, 6.07) is 0. The Bertz CT molecular complexity index is 332. The van der Waals surface area contributed by atoms with Gasteiger partial charge in [0, 0.05) is 6.20 Å². The smallest absolute Gasteiger partial charge is 0.159 e. The predicted octanol–water partition coefficient (Wildman–Crippen LogP) is 3.98. The summed E-state index contributed by atoms with van der Waals surface area (Å²) in [5.74, 6) is 0.497. The minimum atomic E-state index is -0.176. The SMILES string of the molecule is CC(C)c1ncc(C2CC2)c(Br)c1F. The van der Waals surface area contributed by atoms with Gasteiger partial charge in [-0.1, -0.05) is 13.8 Å². The molecule has 76 valence electrons. The van der Waals surface area contributed by atoms with Crippen LogP contribution >= 0.6 is 15.9 Å². The van der Waals surface area contributed by atoms with Gasteiger partial charge in [-0.05, 0) is 46.2 Å². The molecular weight excluding hydrogens is 245 g/mol. The molecule has 1 aromatic heterocycles. The molecule has 0 amide bonds. The number of hydrogen-bond acceptors (Lipinski definition) is 1. The molecule has 0 unspecified atom stereocenters. The lowest BCUT2D eigenvalue weighted by atomic mass is 10.1. The van der Waals surface area contributed by atoms with E-state index in [-0.39, 0.29) is 11.7 Å². The Morgan fingerprint density at radius 3 is 2.64 bits per heavy atom. The van der Waals surface area contributed by atoms with Gasteiger partial charge in [0.2, 0.25) is 0 Å². The molecule has 0 spiro atoms. The summed E-state index contributed by atoms with van der Waals surface area (Å²) in [4.78, 5) is 4.19. The van der Waals surface area contributed by atoms with Gasteiger partial charge in [0.1, 0.15) is 0 Å². The zero-order chi connectivity index (χ0) is 10.3. The van der Waals surface area contributed by atoms with Crippen molar-refractivity contribution >= 4 is 15.9 Å². The van der Waals surface area contributed by atoms with Gasteiger partial charge in [-0.15, -0.1) is 0 Å². The Morgan fingerprint density at radius 1 is 1.50 bits per heavy atom. The molecule has 0 saturated heterocycles. The molecule has 0 N–H and O–H groups in total. The van der Waals surface area contributed by atoms with Crippen molar-refractivity contribution < 1.29 is 4.39 Å². The van der Waals surface area contributed by atoms with E-state index in [9.17, 15) is 4.39 Å². The van der Waals surface area contributed by atoms with Crippen LogP contribution in [0.15, 0.2) is 10.7 Å². The van der Waals surface area contributed by atoms with Crippen LogP contribution in [-0.4, -0.2) is 4.98 Å². The number of pyridine rings is 1. The zero-order valence-corrected chi connectivity index (χ0v) is 9.94. The van der Waals surface area contributed by atoms with Crippen LogP contribution in [0.5, 0.6) is 0 Å². The van der Waals surface area contributed by atoms with Crippen LogP contribution in [0.2, 0.25) is 0 Å². The Morgan fingerprint density at radius 2 is 2.14 bits per heavy atom. The third-order valence-corrected chi connectivity index (χ3v) is 3.38. The number of halogens is 2. The minimum Gasteiger partial charge on any atom is -0.258 e. The van der Waals surface area contributed by atoms with Crippen molar-refractivity contribution in [3.8, 4) is 0 Å². The molecule has 1 nitrogen and oxygen atoms in total. The summed E-state index contributed by atoms with van der Waals surface area (Å²) >= 11 is 3.32. The fraction of sp³-hybridized carbons (Fsp3) is 0.545. The average Bonchev–Trinajstić information content (AvgIpc) is 2.92. The highest BCUT2D eigenvalue weighted by atomic mass is 79.9. The van der Waals surface area contributed by atoms with E-state index in [0.29, 0.717) is 16.1 Å². The van der Waals surface area contributed by atoms with Crippen LogP contribution in [0.25, 0.3) is 0 Å². The van der Waals surface area contributed by atoms with E-state index < -0.39 is 0 Å². The highest BCUT2D eigenvalue weighted by molar-refractivity contribution is 9.10. The maximum atomic E-state index is 13.8. The fourth-order valence-corrected chi connectivity index (χ4v) is 2.20. The Labute approximate surface area is 91.9 Å². The minimum absolute atomic E-state index is 0.138. The molecule has 14 heavy (non-hydrogen) atoms. The first-order valence-corrected chi connectivity index (χ1v) is 5.74. The van der Waals surface area contributed by atoms with Crippen LogP contribution in [0.3, 0.4) is 0 Å². The normalized spacial score (nSPS) is 16.4. The Kier molecular flexibility index (Phi) is 2.60. The molecule has 0 aliphatic heterocycles. The summed E-state index contributed by atoms with van der Waals surface area (Å²) in [6.07, 6.45) is 4.15. The molecule has 1 fully saturated rings. The van der Waals surface area contributed by atoms with Gasteiger partial charge in [-0.25, -0.2) is 4.39 Å². The second-order valence-electron chi connectivity index (χ2n) is 4.16. The lowest BCUT2D eigenvalue weighted by Crippen LogP contribution is -2.01. The largest absolute Gasteiger partial charge is 0.258 e. The number of hydrogen-bond donors (Lipinski definition) is 0. The first kappa shape index (κ1) is 10.1. The summed E-state index contributed by atoms with van der Waals surface area (Å²) in [5, 5.41) is 0. The molecule has 1 aliphatic carbocycles. The molecule has 1 aromatic rings. The molecule has 1 aliphatic rings. The number of nitrogens with zero attached hydrogens (tertiary/aromatic N) is 1. The Hall–Kier alpha value is -0.440. The summed E-state index contributed by atoms with van der Waals surface area (Å²) in [6.45, 7) is 3.91. The van der Waals surface area contributed by atoms with Gasteiger partial charge in [0.05, 0.1) is 10.2 Å². The van der Waals surface area contributed by atoms with Crippen molar-refractivity contribution in [2.24, 2.45) is 0 Å². The van der Waals surface area contributed by atoms with E-state index in [1.54, 1.807) is 0 Å². The van der Waals surface area contributed by atoms with Crippen molar-refractivity contribution in [2.45, 2.75) is 38.5 Å². The molecule has 0 aromatic carbocycles. The summed E-state index contributed by atoms with van der Waals surface area (Å²) in [5.41, 5.74) is 1.59. The van der Waals surface area contributed by atoms with E-state index in [1.807, 2.05) is 20.0 Å². The fourth-order valence-electron chi connectivity index (χ4n) is 1.57. The van der Waals surface area contributed by atoms with Gasteiger partial charge < -0.3 is 0 Å². The highest BCUT2D eigenvalue weighted by Crippen LogP contribution is 2.44. The van der Waals surface area contributed by atoms with Crippen LogP contribution in [0.1, 0.15) is 49.8 Å². The maximum absolute atomic E-state index is 13.8. The second-order valence-corrected chi connectivity index (χ2v) is 4.95. The molecule has 0 atom stereocenters. The van der Waals surface area contributed by atoms with E-state index in [2.05, 4.69) is 20.9 Å². The van der Waals surface area contributed by atoms with Crippen LogP contribution < -0.4 is 0 Å². The number of aromatic nitrogens is 1. The van der Waals surface area contributed by atoms with E-state index in [0.717, 1.165) is 5.56 Å². The summed E-state index contributed by atoms with van der Waals surface area (Å²) < 4.78 is 14.4.